The van der Waals surface area contributed by atoms with Crippen LogP contribution in [0.1, 0.15) is 0 Å². The summed E-state index contributed by atoms with van der Waals surface area (Å²) in [5.41, 5.74) is 0.847. The summed E-state index contributed by atoms with van der Waals surface area (Å²) in [5, 5.41) is 3.36. The lowest BCUT2D eigenvalue weighted by molar-refractivity contribution is -0.113. The Morgan fingerprint density at radius 3 is 2.76 bits per heavy atom. The van der Waals surface area contributed by atoms with E-state index in [9.17, 15) is 9.59 Å². The first-order valence-corrected chi connectivity index (χ1v) is 9.86. The minimum Gasteiger partial charge on any atom is -0.497 e. The first kappa shape index (κ1) is 20.8. The molecule has 1 aromatic heterocycles. The monoisotopic (exact) mass is 431 g/mol. The second kappa shape index (κ2) is 9.49. The molecule has 1 amide bonds. The summed E-state index contributed by atoms with van der Waals surface area (Å²) in [4.78, 5) is 29.1. The van der Waals surface area contributed by atoms with Crippen LogP contribution in [0.4, 0.5) is 5.69 Å². The number of benzene rings is 2. The minimum atomic E-state index is -0.340. The zero-order chi connectivity index (χ0) is 20.8. The topological polar surface area (TPSA) is 82.4 Å². The van der Waals surface area contributed by atoms with Crippen LogP contribution in [0.5, 0.6) is 11.5 Å². The van der Waals surface area contributed by atoms with Crippen LogP contribution in [-0.2, 0) is 4.79 Å². The largest absolute Gasteiger partial charge is 0.497 e. The number of thioether (sulfide) groups is 1. The maximum absolute atomic E-state index is 12.7. The highest BCUT2D eigenvalue weighted by molar-refractivity contribution is 7.99. The number of hydrogen-bond acceptors (Lipinski definition) is 6. The molecule has 0 unspecified atom stereocenters. The van der Waals surface area contributed by atoms with Gasteiger partial charge in [-0.1, -0.05) is 29.4 Å². The molecule has 3 aromatic rings. The molecule has 9 heteroatoms. The van der Waals surface area contributed by atoms with E-state index in [1.54, 1.807) is 55.8 Å². The first-order chi connectivity index (χ1) is 14.0. The van der Waals surface area contributed by atoms with Crippen molar-refractivity contribution >= 4 is 35.0 Å². The Kier molecular flexibility index (Phi) is 6.79. The van der Waals surface area contributed by atoms with Crippen molar-refractivity contribution in [1.82, 2.24) is 9.55 Å². The molecule has 0 saturated heterocycles. The molecular formula is C20H18ClN3O4S. The zero-order valence-corrected chi connectivity index (χ0v) is 17.3. The van der Waals surface area contributed by atoms with Gasteiger partial charge >= 0.3 is 0 Å². The normalized spacial score (nSPS) is 10.4. The van der Waals surface area contributed by atoms with Crippen molar-refractivity contribution in [2.24, 2.45) is 0 Å². The Labute approximate surface area is 176 Å². The fourth-order valence-electron chi connectivity index (χ4n) is 2.53. The predicted molar refractivity (Wildman–Crippen MR) is 114 cm³/mol. The summed E-state index contributed by atoms with van der Waals surface area (Å²) >= 11 is 7.21. The second-order valence-corrected chi connectivity index (χ2v) is 7.17. The SMILES string of the molecule is COc1cccc(NC(=O)CSc2nccn(-c3ccc(OC)c(Cl)c3)c2=O)c1. The molecule has 0 aliphatic carbocycles. The standard InChI is InChI=1S/C20H18ClN3O4S/c1-27-15-5-3-4-13(10-15)23-18(25)12-29-19-20(26)24(9-8-22-19)14-6-7-17(28-2)16(21)11-14/h3-11H,12H2,1-2H3,(H,23,25). The summed E-state index contributed by atoms with van der Waals surface area (Å²) in [7, 11) is 3.07. The lowest BCUT2D eigenvalue weighted by Crippen LogP contribution is -2.22. The van der Waals surface area contributed by atoms with E-state index >= 15 is 0 Å². The van der Waals surface area contributed by atoms with Gasteiger partial charge in [-0.15, -0.1) is 0 Å². The van der Waals surface area contributed by atoms with Crippen molar-refractivity contribution < 1.29 is 14.3 Å². The van der Waals surface area contributed by atoms with Crippen LogP contribution in [0.3, 0.4) is 0 Å². The molecule has 3 rings (SSSR count). The molecule has 7 nitrogen and oxygen atoms in total. The summed E-state index contributed by atoms with van der Waals surface area (Å²) in [6.45, 7) is 0. The van der Waals surface area contributed by atoms with E-state index in [1.807, 2.05) is 0 Å². The van der Waals surface area contributed by atoms with Crippen molar-refractivity contribution in [1.29, 1.82) is 0 Å². The van der Waals surface area contributed by atoms with Gasteiger partial charge in [0.1, 0.15) is 11.5 Å². The number of rotatable bonds is 7. The van der Waals surface area contributed by atoms with Gasteiger partial charge in [-0.05, 0) is 30.3 Å². The molecule has 0 fully saturated rings. The van der Waals surface area contributed by atoms with Gasteiger partial charge in [0.05, 0.1) is 30.7 Å². The molecule has 0 bridgehead atoms. The average molecular weight is 432 g/mol. The second-order valence-electron chi connectivity index (χ2n) is 5.80. The van der Waals surface area contributed by atoms with Crippen LogP contribution in [0.2, 0.25) is 5.02 Å². The molecule has 0 atom stereocenters. The van der Waals surface area contributed by atoms with Crippen LogP contribution >= 0.6 is 23.4 Å². The average Bonchev–Trinajstić information content (AvgIpc) is 2.73. The Balaban J connectivity index is 1.72. The number of halogens is 1. The molecule has 0 aliphatic rings. The van der Waals surface area contributed by atoms with E-state index < -0.39 is 0 Å². The van der Waals surface area contributed by atoms with Crippen LogP contribution in [0, 0.1) is 0 Å². The quantitative estimate of drug-likeness (QED) is 0.575. The van der Waals surface area contributed by atoms with Crippen molar-refractivity contribution in [2.75, 3.05) is 25.3 Å². The third kappa shape index (κ3) is 5.10. The molecule has 150 valence electrons. The minimum absolute atomic E-state index is 0.0346. The number of carbonyl (C=O) groups is 1. The molecule has 0 spiro atoms. The van der Waals surface area contributed by atoms with Crippen molar-refractivity contribution in [2.45, 2.75) is 5.03 Å². The highest BCUT2D eigenvalue weighted by Crippen LogP contribution is 2.26. The molecule has 2 aromatic carbocycles. The number of ether oxygens (including phenoxy) is 2. The van der Waals surface area contributed by atoms with E-state index in [4.69, 9.17) is 21.1 Å². The highest BCUT2D eigenvalue weighted by atomic mass is 35.5. The van der Waals surface area contributed by atoms with Gasteiger partial charge in [0.25, 0.3) is 5.56 Å². The van der Waals surface area contributed by atoms with Gasteiger partial charge in [0, 0.05) is 24.1 Å². The molecule has 0 radical (unpaired) electrons. The summed E-state index contributed by atoms with van der Waals surface area (Å²) in [6.07, 6.45) is 3.04. The lowest BCUT2D eigenvalue weighted by atomic mass is 10.3. The number of nitrogens with one attached hydrogen (secondary N) is 1. The van der Waals surface area contributed by atoms with Crippen LogP contribution in [0.15, 0.2) is 64.7 Å². The highest BCUT2D eigenvalue weighted by Gasteiger charge is 2.12. The van der Waals surface area contributed by atoms with Crippen LogP contribution < -0.4 is 20.3 Å². The van der Waals surface area contributed by atoms with Gasteiger partial charge in [0.15, 0.2) is 5.03 Å². The number of aromatic nitrogens is 2. The number of amides is 1. The maximum atomic E-state index is 12.7. The molecule has 0 aliphatic heterocycles. The van der Waals surface area contributed by atoms with E-state index in [1.165, 1.54) is 17.9 Å². The smallest absolute Gasteiger partial charge is 0.287 e. The predicted octanol–water partition coefficient (Wildman–Crippen LogP) is 3.63. The third-order valence-corrected chi connectivity index (χ3v) is 5.17. The Hall–Kier alpha value is -2.97. The lowest BCUT2D eigenvalue weighted by Gasteiger charge is -2.10. The van der Waals surface area contributed by atoms with E-state index in [0.29, 0.717) is 27.9 Å². The number of methoxy groups -OCH3 is 2. The summed E-state index contributed by atoms with van der Waals surface area (Å²) < 4.78 is 11.7. The fraction of sp³-hybridized carbons (Fsp3) is 0.150. The van der Waals surface area contributed by atoms with Crippen LogP contribution in [0.25, 0.3) is 5.69 Å². The van der Waals surface area contributed by atoms with Gasteiger partial charge in [-0.25, -0.2) is 4.98 Å². The third-order valence-electron chi connectivity index (χ3n) is 3.92. The Bertz CT molecular complexity index is 1090. The number of hydrogen-bond donors (Lipinski definition) is 1. The molecule has 0 saturated carbocycles. The number of anilines is 1. The van der Waals surface area contributed by atoms with Crippen LogP contribution in [-0.4, -0.2) is 35.4 Å². The summed E-state index contributed by atoms with van der Waals surface area (Å²) in [5.74, 6) is 0.933. The van der Waals surface area contributed by atoms with Gasteiger partial charge < -0.3 is 14.8 Å². The first-order valence-electron chi connectivity index (χ1n) is 8.50. The molecule has 1 N–H and O–H groups in total. The maximum Gasteiger partial charge on any atom is 0.287 e. The Morgan fingerprint density at radius 1 is 1.21 bits per heavy atom. The van der Waals surface area contributed by atoms with Crippen molar-refractivity contribution in [3.8, 4) is 17.2 Å². The van der Waals surface area contributed by atoms with Gasteiger partial charge in [-0.3, -0.25) is 14.2 Å². The fourth-order valence-corrected chi connectivity index (χ4v) is 3.48. The van der Waals surface area contributed by atoms with E-state index in [2.05, 4.69) is 10.3 Å². The van der Waals surface area contributed by atoms with E-state index in [-0.39, 0.29) is 22.2 Å². The molecular weight excluding hydrogens is 414 g/mol. The number of carbonyl (C=O) groups excluding carboxylic acids is 1. The van der Waals surface area contributed by atoms with Gasteiger partial charge in [0.2, 0.25) is 5.91 Å². The van der Waals surface area contributed by atoms with Gasteiger partial charge in [-0.2, -0.15) is 0 Å². The van der Waals surface area contributed by atoms with Crippen molar-refractivity contribution in [3.05, 3.63) is 70.2 Å². The van der Waals surface area contributed by atoms with E-state index in [0.717, 1.165) is 11.8 Å². The number of nitrogens with zero attached hydrogens (tertiary/aromatic N) is 2. The Morgan fingerprint density at radius 2 is 2.03 bits per heavy atom. The summed E-state index contributed by atoms with van der Waals surface area (Å²) in [6, 6.07) is 12.1. The zero-order valence-electron chi connectivity index (χ0n) is 15.7. The van der Waals surface area contributed by atoms with Crippen molar-refractivity contribution in [3.63, 3.8) is 0 Å². The molecule has 1 heterocycles. The molecule has 29 heavy (non-hydrogen) atoms.